The molecule has 1 amide bonds. The van der Waals surface area contributed by atoms with Gasteiger partial charge >= 0.3 is 5.97 Å². The average molecular weight is 410 g/mol. The van der Waals surface area contributed by atoms with Gasteiger partial charge in [0.25, 0.3) is 0 Å². The SMILES string of the molecule is CCCCS(=O)(=O)N[C@@H](C)C(=O)OCC(=O)c1ccc(N2CCCC2=O)cc1. The van der Waals surface area contributed by atoms with Gasteiger partial charge in [0.2, 0.25) is 15.9 Å². The second kappa shape index (κ2) is 9.79. The van der Waals surface area contributed by atoms with E-state index in [1.54, 1.807) is 29.2 Å². The van der Waals surface area contributed by atoms with Crippen molar-refractivity contribution in [2.45, 2.75) is 45.6 Å². The van der Waals surface area contributed by atoms with Gasteiger partial charge in [0, 0.05) is 24.2 Å². The molecule has 0 radical (unpaired) electrons. The number of nitrogens with zero attached hydrogens (tertiary/aromatic N) is 1. The van der Waals surface area contributed by atoms with Gasteiger partial charge in [-0.25, -0.2) is 13.1 Å². The van der Waals surface area contributed by atoms with Crippen LogP contribution in [0.2, 0.25) is 0 Å². The zero-order valence-electron chi connectivity index (χ0n) is 16.1. The third kappa shape index (κ3) is 6.13. The number of carbonyl (C=O) groups is 3. The van der Waals surface area contributed by atoms with Crippen LogP contribution in [0.15, 0.2) is 24.3 Å². The average Bonchev–Trinajstić information content (AvgIpc) is 3.09. The predicted molar refractivity (Wildman–Crippen MR) is 105 cm³/mol. The molecule has 0 saturated carbocycles. The highest BCUT2D eigenvalue weighted by Gasteiger charge is 2.23. The van der Waals surface area contributed by atoms with Crippen molar-refractivity contribution in [3.8, 4) is 0 Å². The molecule has 1 aromatic carbocycles. The van der Waals surface area contributed by atoms with Gasteiger partial charge < -0.3 is 9.64 Å². The summed E-state index contributed by atoms with van der Waals surface area (Å²) in [5, 5.41) is 0. The van der Waals surface area contributed by atoms with Crippen LogP contribution >= 0.6 is 0 Å². The summed E-state index contributed by atoms with van der Waals surface area (Å²) in [4.78, 5) is 37.6. The van der Waals surface area contributed by atoms with Crippen molar-refractivity contribution in [1.29, 1.82) is 0 Å². The van der Waals surface area contributed by atoms with Gasteiger partial charge in [0.05, 0.1) is 5.75 Å². The Morgan fingerprint density at radius 1 is 1.25 bits per heavy atom. The van der Waals surface area contributed by atoms with Crippen LogP contribution in [-0.2, 0) is 24.3 Å². The van der Waals surface area contributed by atoms with E-state index in [9.17, 15) is 22.8 Å². The number of benzene rings is 1. The number of esters is 1. The zero-order chi connectivity index (χ0) is 20.7. The highest BCUT2D eigenvalue weighted by Crippen LogP contribution is 2.21. The number of rotatable bonds is 10. The number of amides is 1. The lowest BCUT2D eigenvalue weighted by molar-refractivity contribution is -0.144. The molecular weight excluding hydrogens is 384 g/mol. The van der Waals surface area contributed by atoms with E-state index < -0.39 is 34.4 Å². The van der Waals surface area contributed by atoms with Gasteiger partial charge in [0.1, 0.15) is 6.04 Å². The number of unbranched alkanes of at least 4 members (excludes halogenated alkanes) is 1. The van der Waals surface area contributed by atoms with Gasteiger partial charge in [-0.2, -0.15) is 0 Å². The number of Topliss-reactive ketones (excluding diaryl/α,β-unsaturated/α-hetero) is 1. The molecule has 2 rings (SSSR count). The molecule has 0 unspecified atom stereocenters. The number of anilines is 1. The van der Waals surface area contributed by atoms with Crippen LogP contribution in [-0.4, -0.2) is 51.0 Å². The van der Waals surface area contributed by atoms with E-state index in [2.05, 4.69) is 4.72 Å². The van der Waals surface area contributed by atoms with Crippen molar-refractivity contribution in [3.63, 3.8) is 0 Å². The molecule has 0 spiro atoms. The molecule has 0 aromatic heterocycles. The first-order valence-electron chi connectivity index (χ1n) is 9.34. The smallest absolute Gasteiger partial charge is 0.324 e. The second-order valence-electron chi connectivity index (χ2n) is 6.74. The molecule has 1 heterocycles. The molecule has 1 N–H and O–H groups in total. The Morgan fingerprint density at radius 3 is 2.50 bits per heavy atom. The molecule has 9 heteroatoms. The summed E-state index contributed by atoms with van der Waals surface area (Å²) in [6, 6.07) is 5.45. The molecule has 0 aliphatic carbocycles. The van der Waals surface area contributed by atoms with Crippen LogP contribution in [0, 0.1) is 0 Å². The summed E-state index contributed by atoms with van der Waals surface area (Å²) in [6.45, 7) is 3.42. The quantitative estimate of drug-likeness (QED) is 0.464. The predicted octanol–water partition coefficient (Wildman–Crippen LogP) is 1.65. The van der Waals surface area contributed by atoms with Crippen LogP contribution in [0.4, 0.5) is 5.69 Å². The fourth-order valence-corrected chi connectivity index (χ4v) is 4.23. The molecule has 0 bridgehead atoms. The lowest BCUT2D eigenvalue weighted by Gasteiger charge is -2.16. The van der Waals surface area contributed by atoms with Crippen molar-refractivity contribution in [1.82, 2.24) is 4.72 Å². The lowest BCUT2D eigenvalue weighted by Crippen LogP contribution is -2.41. The minimum atomic E-state index is -3.56. The first-order valence-corrected chi connectivity index (χ1v) is 11.0. The lowest BCUT2D eigenvalue weighted by atomic mass is 10.1. The summed E-state index contributed by atoms with van der Waals surface area (Å²) in [7, 11) is -3.56. The summed E-state index contributed by atoms with van der Waals surface area (Å²) in [5.74, 6) is -1.23. The summed E-state index contributed by atoms with van der Waals surface area (Å²) in [5.41, 5.74) is 1.07. The van der Waals surface area contributed by atoms with Crippen molar-refractivity contribution in [2.75, 3.05) is 23.8 Å². The maximum Gasteiger partial charge on any atom is 0.324 e. The van der Waals surface area contributed by atoms with Gasteiger partial charge in [0.15, 0.2) is 12.4 Å². The van der Waals surface area contributed by atoms with Crippen LogP contribution in [0.3, 0.4) is 0 Å². The highest BCUT2D eigenvalue weighted by molar-refractivity contribution is 7.89. The number of ether oxygens (including phenoxy) is 1. The normalized spacial score (nSPS) is 15.5. The molecule has 1 saturated heterocycles. The molecule has 154 valence electrons. The number of nitrogens with one attached hydrogen (secondary N) is 1. The maximum absolute atomic E-state index is 12.2. The van der Waals surface area contributed by atoms with Gasteiger partial charge in [-0.15, -0.1) is 0 Å². The Hall–Kier alpha value is -2.26. The van der Waals surface area contributed by atoms with Crippen molar-refractivity contribution >= 4 is 33.4 Å². The Labute approximate surface area is 165 Å². The molecule has 1 aromatic rings. The van der Waals surface area contributed by atoms with Crippen molar-refractivity contribution < 1.29 is 27.5 Å². The Bertz CT molecular complexity index is 819. The third-order valence-corrected chi connectivity index (χ3v) is 5.94. The molecule has 1 aliphatic rings. The molecular formula is C19H26N2O6S. The molecule has 1 atom stereocenters. The van der Waals surface area contributed by atoms with Crippen LogP contribution in [0.1, 0.15) is 49.9 Å². The van der Waals surface area contributed by atoms with E-state index in [1.807, 2.05) is 6.92 Å². The van der Waals surface area contributed by atoms with Crippen LogP contribution in [0.25, 0.3) is 0 Å². The standard InChI is InChI=1S/C19H26N2O6S/c1-3-4-12-28(25,26)20-14(2)19(24)27-13-17(22)15-7-9-16(10-8-15)21-11-5-6-18(21)23/h7-10,14,20H,3-6,11-13H2,1-2H3/t14-/m0/s1. The summed E-state index contributed by atoms with van der Waals surface area (Å²) >= 11 is 0. The first kappa shape index (κ1) is 22.0. The highest BCUT2D eigenvalue weighted by atomic mass is 32.2. The van der Waals surface area contributed by atoms with E-state index >= 15 is 0 Å². The van der Waals surface area contributed by atoms with E-state index in [4.69, 9.17) is 4.74 Å². The van der Waals surface area contributed by atoms with E-state index in [-0.39, 0.29) is 11.7 Å². The van der Waals surface area contributed by atoms with Crippen molar-refractivity contribution in [3.05, 3.63) is 29.8 Å². The topological polar surface area (TPSA) is 110 Å². The maximum atomic E-state index is 12.2. The van der Waals surface area contributed by atoms with Crippen LogP contribution < -0.4 is 9.62 Å². The van der Waals surface area contributed by atoms with Gasteiger partial charge in [-0.1, -0.05) is 13.3 Å². The molecule has 8 nitrogen and oxygen atoms in total. The number of ketones is 1. The Morgan fingerprint density at radius 2 is 1.93 bits per heavy atom. The van der Waals surface area contributed by atoms with Crippen LogP contribution in [0.5, 0.6) is 0 Å². The first-order chi connectivity index (χ1) is 13.2. The minimum absolute atomic E-state index is 0.0587. The fourth-order valence-electron chi connectivity index (χ4n) is 2.80. The number of hydrogen-bond donors (Lipinski definition) is 1. The van der Waals surface area contributed by atoms with E-state index in [0.717, 1.165) is 18.5 Å². The van der Waals surface area contributed by atoms with E-state index in [0.29, 0.717) is 24.9 Å². The Balaban J connectivity index is 1.85. The number of sulfonamides is 1. The zero-order valence-corrected chi connectivity index (χ0v) is 17.0. The largest absolute Gasteiger partial charge is 0.456 e. The molecule has 1 fully saturated rings. The Kier molecular flexibility index (Phi) is 7.70. The summed E-state index contributed by atoms with van der Waals surface area (Å²) in [6.07, 6.45) is 2.56. The summed E-state index contributed by atoms with van der Waals surface area (Å²) < 4.78 is 30.8. The van der Waals surface area contributed by atoms with Gasteiger partial charge in [-0.05, 0) is 44.0 Å². The monoisotopic (exact) mass is 410 g/mol. The fraction of sp³-hybridized carbons (Fsp3) is 0.526. The number of hydrogen-bond acceptors (Lipinski definition) is 6. The van der Waals surface area contributed by atoms with Crippen molar-refractivity contribution in [2.24, 2.45) is 0 Å². The third-order valence-electron chi connectivity index (χ3n) is 4.40. The van der Waals surface area contributed by atoms with Gasteiger partial charge in [-0.3, -0.25) is 14.4 Å². The second-order valence-corrected chi connectivity index (χ2v) is 8.61. The number of carbonyl (C=O) groups excluding carboxylic acids is 3. The minimum Gasteiger partial charge on any atom is -0.456 e. The molecule has 28 heavy (non-hydrogen) atoms. The van der Waals surface area contributed by atoms with E-state index in [1.165, 1.54) is 6.92 Å². The molecule has 1 aliphatic heterocycles.